The van der Waals surface area contributed by atoms with Crippen LogP contribution in [0.4, 0.5) is 34.1 Å². The summed E-state index contributed by atoms with van der Waals surface area (Å²) in [4.78, 5) is 20.3. The summed E-state index contributed by atoms with van der Waals surface area (Å²) < 4.78 is 62.1. The van der Waals surface area contributed by atoms with Gasteiger partial charge in [0.2, 0.25) is 5.95 Å². The lowest BCUT2D eigenvalue weighted by molar-refractivity contribution is -0.330. The number of nitrogens with zero attached hydrogens (tertiary/aromatic N) is 4. The van der Waals surface area contributed by atoms with E-state index in [1.807, 2.05) is 6.92 Å². The first kappa shape index (κ1) is 23.3. The van der Waals surface area contributed by atoms with Crippen LogP contribution in [0, 0.1) is 0 Å². The normalized spacial score (nSPS) is 23.4. The number of alkyl halides is 4. The van der Waals surface area contributed by atoms with Gasteiger partial charge in [-0.25, -0.2) is 19.2 Å². The standard InChI is InChI=1S/C21H23F4N7O3/c1-20(3-4-20)29-19(33)35-15-7-11(6-13(15)22)14-8-16(31-30-14)28-18-26-5-2-17-27-12(9-32(17)18)10-34-21(23,24)25/h2,5,8-9,11,13,15H,3-4,6-7,10H2,1H3,(H,29,33)(H2,26,28,30,31)/t11-,13+,15-/m0/s1. The molecule has 3 atom stereocenters. The van der Waals surface area contributed by atoms with E-state index in [2.05, 4.69) is 35.5 Å². The number of alkyl carbamates (subject to hydrolysis) is 1. The van der Waals surface area contributed by atoms with E-state index in [1.165, 1.54) is 22.9 Å². The van der Waals surface area contributed by atoms with E-state index in [0.29, 0.717) is 23.6 Å². The molecule has 35 heavy (non-hydrogen) atoms. The summed E-state index contributed by atoms with van der Waals surface area (Å²) in [6, 6.07) is 3.23. The SMILES string of the molecule is CC1(NC(=O)O[C@H]2C[C@@H](c3cc(Nc4nccc5nc(COC(F)(F)F)cn45)n[nH]3)C[C@H]2F)CC1. The Hall–Kier alpha value is -3.42. The Labute approximate surface area is 196 Å². The number of hydrogen-bond acceptors (Lipinski definition) is 7. The van der Waals surface area contributed by atoms with Crippen molar-refractivity contribution in [2.24, 2.45) is 0 Å². The van der Waals surface area contributed by atoms with Crippen LogP contribution in [0.2, 0.25) is 0 Å². The number of anilines is 2. The third-order valence-electron chi connectivity index (χ3n) is 6.18. The number of amides is 1. The predicted octanol–water partition coefficient (Wildman–Crippen LogP) is 4.10. The maximum absolute atomic E-state index is 14.5. The Bertz CT molecular complexity index is 1220. The van der Waals surface area contributed by atoms with Crippen molar-refractivity contribution in [1.29, 1.82) is 0 Å². The van der Waals surface area contributed by atoms with Crippen molar-refractivity contribution in [3.05, 3.63) is 35.9 Å². The van der Waals surface area contributed by atoms with Crippen LogP contribution in [0.25, 0.3) is 5.65 Å². The van der Waals surface area contributed by atoms with Gasteiger partial charge in [0.05, 0.1) is 12.3 Å². The Morgan fingerprint density at radius 3 is 2.89 bits per heavy atom. The number of aromatic nitrogens is 5. The average Bonchev–Trinajstić information content (AvgIpc) is 3.15. The molecule has 0 radical (unpaired) electrons. The van der Waals surface area contributed by atoms with E-state index in [0.717, 1.165) is 12.8 Å². The largest absolute Gasteiger partial charge is 0.522 e. The smallest absolute Gasteiger partial charge is 0.443 e. The minimum absolute atomic E-state index is 0.0757. The fraction of sp³-hybridized carbons (Fsp3) is 0.524. The van der Waals surface area contributed by atoms with Gasteiger partial charge in [-0.1, -0.05) is 0 Å². The Morgan fingerprint density at radius 2 is 2.14 bits per heavy atom. The van der Waals surface area contributed by atoms with E-state index < -0.39 is 31.3 Å². The highest BCUT2D eigenvalue weighted by Crippen LogP contribution is 2.39. The number of imidazole rings is 1. The lowest BCUT2D eigenvalue weighted by Gasteiger charge is -2.17. The third kappa shape index (κ3) is 5.47. The molecular formula is C21H23F4N7O3. The zero-order chi connectivity index (χ0) is 24.8. The van der Waals surface area contributed by atoms with Crippen LogP contribution in [0.1, 0.15) is 49.9 Å². The molecule has 0 spiro atoms. The van der Waals surface area contributed by atoms with Gasteiger partial charge in [0.1, 0.15) is 17.9 Å². The number of halogens is 4. The van der Waals surface area contributed by atoms with Crippen molar-refractivity contribution in [3.63, 3.8) is 0 Å². The molecule has 2 saturated carbocycles. The zero-order valence-corrected chi connectivity index (χ0v) is 18.6. The molecule has 0 bridgehead atoms. The lowest BCUT2D eigenvalue weighted by atomic mass is 10.0. The summed E-state index contributed by atoms with van der Waals surface area (Å²) in [5.41, 5.74) is 0.858. The van der Waals surface area contributed by atoms with Crippen molar-refractivity contribution < 1.29 is 31.8 Å². The van der Waals surface area contributed by atoms with Crippen LogP contribution in [0.15, 0.2) is 24.5 Å². The van der Waals surface area contributed by atoms with Gasteiger partial charge in [-0.2, -0.15) is 5.10 Å². The monoisotopic (exact) mass is 497 g/mol. The molecule has 3 aromatic rings. The molecule has 14 heteroatoms. The van der Waals surface area contributed by atoms with Gasteiger partial charge in [0.25, 0.3) is 0 Å². The number of nitrogens with one attached hydrogen (secondary N) is 3. The highest BCUT2D eigenvalue weighted by molar-refractivity contribution is 5.69. The molecule has 1 amide bonds. The first-order valence-electron chi connectivity index (χ1n) is 11.1. The molecule has 3 N–H and O–H groups in total. The summed E-state index contributed by atoms with van der Waals surface area (Å²) in [5, 5.41) is 12.8. The van der Waals surface area contributed by atoms with E-state index in [-0.39, 0.29) is 29.5 Å². The summed E-state index contributed by atoms with van der Waals surface area (Å²) in [7, 11) is 0. The van der Waals surface area contributed by atoms with E-state index >= 15 is 0 Å². The highest BCUT2D eigenvalue weighted by Gasteiger charge is 2.42. The van der Waals surface area contributed by atoms with Crippen molar-refractivity contribution in [3.8, 4) is 0 Å². The second-order valence-electron chi connectivity index (χ2n) is 9.11. The molecule has 0 saturated heterocycles. The predicted molar refractivity (Wildman–Crippen MR) is 114 cm³/mol. The number of carbonyl (C=O) groups excluding carboxylic acids is 1. The molecule has 2 aliphatic rings. The summed E-state index contributed by atoms with van der Waals surface area (Å²) in [6.45, 7) is 1.18. The van der Waals surface area contributed by atoms with Crippen molar-refractivity contribution in [2.75, 3.05) is 5.32 Å². The first-order valence-corrected chi connectivity index (χ1v) is 11.1. The molecule has 0 aliphatic heterocycles. The van der Waals surface area contributed by atoms with E-state index in [4.69, 9.17) is 4.74 Å². The molecule has 2 aliphatic carbocycles. The fourth-order valence-electron chi connectivity index (χ4n) is 4.06. The Kier molecular flexibility index (Phi) is 5.77. The summed E-state index contributed by atoms with van der Waals surface area (Å²) in [6.07, 6.45) is -2.44. The molecule has 188 valence electrons. The number of ether oxygens (including phenoxy) is 2. The number of carbonyl (C=O) groups is 1. The average molecular weight is 497 g/mol. The van der Waals surface area contributed by atoms with Crippen LogP contribution >= 0.6 is 0 Å². The molecule has 2 fully saturated rings. The highest BCUT2D eigenvalue weighted by atomic mass is 19.4. The molecule has 3 heterocycles. The maximum atomic E-state index is 14.5. The number of aromatic amines is 1. The van der Waals surface area contributed by atoms with Gasteiger partial charge in [0, 0.05) is 35.6 Å². The fourth-order valence-corrected chi connectivity index (χ4v) is 4.06. The van der Waals surface area contributed by atoms with Crippen LogP contribution in [0.3, 0.4) is 0 Å². The van der Waals surface area contributed by atoms with Crippen LogP contribution < -0.4 is 10.6 Å². The Balaban J connectivity index is 1.23. The van der Waals surface area contributed by atoms with Crippen molar-refractivity contribution >= 4 is 23.5 Å². The molecular weight excluding hydrogens is 474 g/mol. The number of hydrogen-bond donors (Lipinski definition) is 3. The van der Waals surface area contributed by atoms with Crippen molar-refractivity contribution in [2.45, 2.75) is 69.3 Å². The van der Waals surface area contributed by atoms with Gasteiger partial charge in [-0.3, -0.25) is 14.2 Å². The van der Waals surface area contributed by atoms with Crippen LogP contribution in [-0.4, -0.2) is 54.8 Å². The van der Waals surface area contributed by atoms with E-state index in [1.54, 1.807) is 6.07 Å². The molecule has 5 rings (SSSR count). The van der Waals surface area contributed by atoms with Gasteiger partial charge in [-0.15, -0.1) is 13.2 Å². The van der Waals surface area contributed by atoms with Crippen LogP contribution in [0.5, 0.6) is 0 Å². The Morgan fingerprint density at radius 1 is 1.34 bits per heavy atom. The minimum atomic E-state index is -4.76. The maximum Gasteiger partial charge on any atom is 0.522 e. The zero-order valence-electron chi connectivity index (χ0n) is 18.6. The summed E-state index contributed by atoms with van der Waals surface area (Å²) >= 11 is 0. The third-order valence-corrected chi connectivity index (χ3v) is 6.18. The summed E-state index contributed by atoms with van der Waals surface area (Å²) in [5.74, 6) is 0.416. The number of H-pyrrole nitrogens is 1. The van der Waals surface area contributed by atoms with Crippen LogP contribution in [-0.2, 0) is 16.1 Å². The van der Waals surface area contributed by atoms with Gasteiger partial charge in [0.15, 0.2) is 5.82 Å². The first-order chi connectivity index (χ1) is 16.6. The van der Waals surface area contributed by atoms with E-state index in [9.17, 15) is 22.4 Å². The number of rotatable bonds is 7. The van der Waals surface area contributed by atoms with Gasteiger partial charge < -0.3 is 15.4 Å². The molecule has 3 aromatic heterocycles. The van der Waals surface area contributed by atoms with Crippen molar-refractivity contribution in [1.82, 2.24) is 29.9 Å². The molecule has 10 nitrogen and oxygen atoms in total. The quantitative estimate of drug-likeness (QED) is 0.421. The second-order valence-corrected chi connectivity index (χ2v) is 9.11. The second kappa shape index (κ2) is 8.66. The van der Waals surface area contributed by atoms with Gasteiger partial charge >= 0.3 is 12.5 Å². The topological polar surface area (TPSA) is 118 Å². The van der Waals surface area contributed by atoms with Gasteiger partial charge in [-0.05, 0) is 38.7 Å². The molecule has 0 unspecified atom stereocenters. The minimum Gasteiger partial charge on any atom is -0.443 e. The number of fused-ring (bicyclic) bond motifs is 1. The lowest BCUT2D eigenvalue weighted by Crippen LogP contribution is -2.38. The molecule has 0 aromatic carbocycles.